The topological polar surface area (TPSA) is 68.9 Å². The summed E-state index contributed by atoms with van der Waals surface area (Å²) in [6.07, 6.45) is 6.12. The molecule has 3 aromatic rings. The Morgan fingerprint density at radius 1 is 1.24 bits per heavy atom. The van der Waals surface area contributed by atoms with E-state index in [1.54, 1.807) is 13.2 Å². The molecule has 4 rings (SSSR count). The summed E-state index contributed by atoms with van der Waals surface area (Å²) in [5.74, 6) is -0.0339. The van der Waals surface area contributed by atoms with Gasteiger partial charge in [0.1, 0.15) is 11.6 Å². The Balaban J connectivity index is 1.88. The summed E-state index contributed by atoms with van der Waals surface area (Å²) in [6, 6.07) is 7.58. The second kappa shape index (κ2) is 6.02. The molecule has 1 aliphatic rings. The van der Waals surface area contributed by atoms with Gasteiger partial charge in [-0.2, -0.15) is 5.10 Å². The summed E-state index contributed by atoms with van der Waals surface area (Å²) < 4.78 is 3.18. The second-order valence-corrected chi connectivity index (χ2v) is 6.89. The first-order chi connectivity index (χ1) is 12.1. The molecule has 0 bridgehead atoms. The maximum Gasteiger partial charge on any atom is 0.291 e. The first kappa shape index (κ1) is 15.9. The molecule has 6 heteroatoms. The van der Waals surface area contributed by atoms with E-state index in [-0.39, 0.29) is 17.5 Å². The summed E-state index contributed by atoms with van der Waals surface area (Å²) in [5.41, 5.74) is 1.23. The molecule has 0 spiro atoms. The highest BCUT2D eigenvalue weighted by Gasteiger charge is 2.25. The summed E-state index contributed by atoms with van der Waals surface area (Å²) in [5, 5.41) is 9.03. The predicted molar refractivity (Wildman–Crippen MR) is 97.6 cm³/mol. The zero-order valence-electron chi connectivity index (χ0n) is 14.5. The Hall–Kier alpha value is -2.63. The molecule has 6 nitrogen and oxygen atoms in total. The third kappa shape index (κ3) is 2.52. The largest absolute Gasteiger partial charge is 0.352 e. The molecule has 1 aromatic carbocycles. The Kier molecular flexibility index (Phi) is 3.82. The molecule has 1 aliphatic carbocycles. The van der Waals surface area contributed by atoms with Crippen molar-refractivity contribution in [2.24, 2.45) is 7.05 Å². The van der Waals surface area contributed by atoms with Crippen molar-refractivity contribution < 1.29 is 4.79 Å². The van der Waals surface area contributed by atoms with Crippen LogP contribution in [0.5, 0.6) is 0 Å². The third-order valence-corrected chi connectivity index (χ3v) is 5.27. The first-order valence-corrected chi connectivity index (χ1v) is 8.83. The van der Waals surface area contributed by atoms with Crippen molar-refractivity contribution >= 4 is 27.7 Å². The number of aryl methyl sites for hydroxylation is 1. The van der Waals surface area contributed by atoms with Crippen LogP contribution in [0.1, 0.15) is 38.6 Å². The van der Waals surface area contributed by atoms with E-state index < -0.39 is 6.04 Å². The summed E-state index contributed by atoms with van der Waals surface area (Å²) in [4.78, 5) is 25.6. The molecule has 1 amide bonds. The van der Waals surface area contributed by atoms with Gasteiger partial charge in [0, 0.05) is 23.9 Å². The van der Waals surface area contributed by atoms with E-state index in [9.17, 15) is 9.59 Å². The van der Waals surface area contributed by atoms with Gasteiger partial charge in [-0.1, -0.05) is 31.0 Å². The van der Waals surface area contributed by atoms with Crippen molar-refractivity contribution in [3.05, 3.63) is 40.8 Å². The zero-order valence-corrected chi connectivity index (χ0v) is 14.5. The Labute approximate surface area is 145 Å². The predicted octanol–water partition coefficient (Wildman–Crippen LogP) is 2.51. The number of para-hydroxylation sites is 1. The molecule has 1 atom stereocenters. The van der Waals surface area contributed by atoms with Gasteiger partial charge in [0.05, 0.1) is 11.7 Å². The number of carbonyl (C=O) groups is 1. The average Bonchev–Trinajstić information content (AvgIpc) is 3.23. The fraction of sp³-hybridized carbons (Fsp3) is 0.421. The summed E-state index contributed by atoms with van der Waals surface area (Å²) >= 11 is 0. The van der Waals surface area contributed by atoms with Crippen molar-refractivity contribution in [2.75, 3.05) is 0 Å². The van der Waals surface area contributed by atoms with Crippen LogP contribution in [0.25, 0.3) is 21.8 Å². The van der Waals surface area contributed by atoms with E-state index in [1.165, 1.54) is 17.5 Å². The van der Waals surface area contributed by atoms with Gasteiger partial charge in [-0.05, 0) is 25.8 Å². The van der Waals surface area contributed by atoms with Crippen LogP contribution in [0.4, 0.5) is 0 Å². The minimum atomic E-state index is -0.460. The van der Waals surface area contributed by atoms with Gasteiger partial charge in [-0.15, -0.1) is 0 Å². The standard InChI is InChI=1S/C19H22N4O2/c1-12(18(24)21-13-7-3-4-8-13)23-16-10-6-5-9-14(16)15-11-20-22(2)19(25)17(15)23/h5-6,9-13H,3-4,7-8H2,1-2H3,(H,21,24)/t12-/m0/s1. The molecular weight excluding hydrogens is 316 g/mol. The Bertz CT molecular complexity index is 1010. The molecule has 2 heterocycles. The maximum atomic E-state index is 12.8. The van der Waals surface area contributed by atoms with E-state index in [2.05, 4.69) is 10.4 Å². The number of rotatable bonds is 3. The average molecular weight is 338 g/mol. The molecule has 0 radical (unpaired) electrons. The van der Waals surface area contributed by atoms with Crippen LogP contribution < -0.4 is 10.9 Å². The zero-order chi connectivity index (χ0) is 17.6. The lowest BCUT2D eigenvalue weighted by atomic mass is 10.2. The number of aromatic nitrogens is 3. The fourth-order valence-electron chi connectivity index (χ4n) is 3.90. The smallest absolute Gasteiger partial charge is 0.291 e. The molecule has 25 heavy (non-hydrogen) atoms. The van der Waals surface area contributed by atoms with Crippen LogP contribution in [0.3, 0.4) is 0 Å². The van der Waals surface area contributed by atoms with Gasteiger partial charge >= 0.3 is 0 Å². The van der Waals surface area contributed by atoms with Gasteiger partial charge in [0.15, 0.2) is 0 Å². The molecule has 2 aromatic heterocycles. The number of fused-ring (bicyclic) bond motifs is 3. The van der Waals surface area contributed by atoms with Crippen LogP contribution in [0.15, 0.2) is 35.3 Å². The van der Waals surface area contributed by atoms with E-state index in [1.807, 2.05) is 35.8 Å². The molecule has 0 saturated heterocycles. The molecule has 0 aliphatic heterocycles. The van der Waals surface area contributed by atoms with Gasteiger partial charge in [0.2, 0.25) is 5.91 Å². The lowest BCUT2D eigenvalue weighted by molar-refractivity contribution is -0.124. The normalized spacial score (nSPS) is 16.6. The number of hydrogen-bond acceptors (Lipinski definition) is 3. The minimum absolute atomic E-state index is 0.0339. The molecule has 1 saturated carbocycles. The van der Waals surface area contributed by atoms with Crippen LogP contribution in [-0.2, 0) is 11.8 Å². The van der Waals surface area contributed by atoms with Crippen LogP contribution in [0, 0.1) is 0 Å². The van der Waals surface area contributed by atoms with Crippen molar-refractivity contribution in [2.45, 2.75) is 44.7 Å². The Morgan fingerprint density at radius 2 is 1.96 bits per heavy atom. The number of nitrogens with one attached hydrogen (secondary N) is 1. The SMILES string of the molecule is C[C@@H](C(=O)NC1CCCC1)n1c2ccccc2c2cnn(C)c(=O)c21. The highest BCUT2D eigenvalue weighted by molar-refractivity contribution is 6.08. The highest BCUT2D eigenvalue weighted by atomic mass is 16.2. The molecule has 1 fully saturated rings. The number of carbonyl (C=O) groups excluding carboxylic acids is 1. The maximum absolute atomic E-state index is 12.8. The van der Waals surface area contributed by atoms with Crippen LogP contribution in [0.2, 0.25) is 0 Å². The van der Waals surface area contributed by atoms with Crippen molar-refractivity contribution in [1.82, 2.24) is 19.7 Å². The van der Waals surface area contributed by atoms with E-state index >= 15 is 0 Å². The van der Waals surface area contributed by atoms with Crippen molar-refractivity contribution in [3.63, 3.8) is 0 Å². The minimum Gasteiger partial charge on any atom is -0.352 e. The lowest BCUT2D eigenvalue weighted by Gasteiger charge is -2.19. The summed E-state index contributed by atoms with van der Waals surface area (Å²) in [6.45, 7) is 1.86. The second-order valence-electron chi connectivity index (χ2n) is 6.89. The molecule has 1 N–H and O–H groups in total. The number of hydrogen-bond donors (Lipinski definition) is 1. The van der Waals surface area contributed by atoms with Gasteiger partial charge < -0.3 is 9.88 Å². The van der Waals surface area contributed by atoms with Gasteiger partial charge in [-0.3, -0.25) is 9.59 Å². The molecular formula is C19H22N4O2. The van der Waals surface area contributed by atoms with E-state index in [0.717, 1.165) is 29.1 Å². The third-order valence-electron chi connectivity index (χ3n) is 5.27. The number of benzene rings is 1. The molecule has 130 valence electrons. The molecule has 0 unspecified atom stereocenters. The monoisotopic (exact) mass is 338 g/mol. The van der Waals surface area contributed by atoms with Crippen molar-refractivity contribution in [1.29, 1.82) is 0 Å². The van der Waals surface area contributed by atoms with Crippen LogP contribution in [-0.4, -0.2) is 26.3 Å². The van der Waals surface area contributed by atoms with E-state index in [0.29, 0.717) is 5.52 Å². The number of amides is 1. The fourth-order valence-corrected chi connectivity index (χ4v) is 3.90. The van der Waals surface area contributed by atoms with Crippen LogP contribution >= 0.6 is 0 Å². The first-order valence-electron chi connectivity index (χ1n) is 8.83. The summed E-state index contributed by atoms with van der Waals surface area (Å²) in [7, 11) is 1.63. The van der Waals surface area contributed by atoms with Gasteiger partial charge in [0.25, 0.3) is 5.56 Å². The Morgan fingerprint density at radius 3 is 2.72 bits per heavy atom. The lowest BCUT2D eigenvalue weighted by Crippen LogP contribution is -2.38. The quantitative estimate of drug-likeness (QED) is 0.798. The number of nitrogens with zero attached hydrogens (tertiary/aromatic N) is 3. The highest BCUT2D eigenvalue weighted by Crippen LogP contribution is 2.29. The van der Waals surface area contributed by atoms with E-state index in [4.69, 9.17) is 0 Å². The van der Waals surface area contributed by atoms with Gasteiger partial charge in [-0.25, -0.2) is 4.68 Å². The van der Waals surface area contributed by atoms with Crippen molar-refractivity contribution in [3.8, 4) is 0 Å².